The minimum Gasteiger partial charge on any atom is -0.453 e. The number of nitrogens with zero attached hydrogens (tertiary/aromatic N) is 1. The smallest absolute Gasteiger partial charge is 0.410 e. The first-order valence-corrected chi connectivity index (χ1v) is 12.7. The zero-order valence-electron chi connectivity index (χ0n) is 18.1. The van der Waals surface area contributed by atoms with Crippen molar-refractivity contribution in [1.82, 2.24) is 9.62 Å². The zero-order valence-corrected chi connectivity index (χ0v) is 18.9. The van der Waals surface area contributed by atoms with E-state index in [1.165, 1.54) is 12.7 Å². The fourth-order valence-corrected chi connectivity index (χ4v) is 5.71. The van der Waals surface area contributed by atoms with E-state index < -0.39 is 16.1 Å². The molecule has 1 heterocycles. The topological polar surface area (TPSA) is 84.9 Å². The molecule has 1 aromatic carbocycles. The molecule has 30 heavy (non-hydrogen) atoms. The Labute approximate surface area is 180 Å². The summed E-state index contributed by atoms with van der Waals surface area (Å²) in [6.07, 6.45) is 6.22. The van der Waals surface area contributed by atoms with Crippen LogP contribution < -0.4 is 4.72 Å². The van der Waals surface area contributed by atoms with Gasteiger partial charge in [0.2, 0.25) is 10.0 Å². The largest absolute Gasteiger partial charge is 0.453 e. The van der Waals surface area contributed by atoms with Crippen LogP contribution in [0.4, 0.5) is 4.79 Å². The average Bonchev–Trinajstić information content (AvgIpc) is 3.08. The van der Waals surface area contributed by atoms with Gasteiger partial charge in [0.15, 0.2) is 0 Å². The summed E-state index contributed by atoms with van der Waals surface area (Å²) in [4.78, 5) is 14.1. The summed E-state index contributed by atoms with van der Waals surface area (Å²) in [6, 6.07) is 9.76. The second-order valence-corrected chi connectivity index (χ2v) is 10.2. The van der Waals surface area contributed by atoms with Crippen molar-refractivity contribution in [3.63, 3.8) is 0 Å². The van der Waals surface area contributed by atoms with Gasteiger partial charge in [-0.05, 0) is 50.0 Å². The summed E-state index contributed by atoms with van der Waals surface area (Å²) in [7, 11) is -2.04. The summed E-state index contributed by atoms with van der Waals surface area (Å²) in [5.41, 5.74) is 1.38. The molecule has 1 N–H and O–H groups in total. The molecule has 7 nitrogen and oxygen atoms in total. The van der Waals surface area contributed by atoms with Gasteiger partial charge in [-0.3, -0.25) is 4.90 Å². The number of likely N-dealkylation sites (tertiary alicyclic amines) is 1. The second kappa shape index (κ2) is 10.1. The van der Waals surface area contributed by atoms with Gasteiger partial charge >= 0.3 is 6.09 Å². The standard InChI is InChI=1S/C22H34N2O5S/c1-4-18-14-20(23-30(3,26)27)21(24(18)22(25)28-2)15-29-19-12-10-17(11-13-19)16-8-6-5-7-9-16/h5-9,17-21,23H,4,10-15H2,1-3H3/t17?,18?,19?,20-,21-/m0/s1. The number of ether oxygens (including phenoxy) is 2. The van der Waals surface area contributed by atoms with Gasteiger partial charge in [0.1, 0.15) is 0 Å². The van der Waals surface area contributed by atoms with Crippen LogP contribution >= 0.6 is 0 Å². The van der Waals surface area contributed by atoms with E-state index in [0.717, 1.165) is 38.4 Å². The van der Waals surface area contributed by atoms with Gasteiger partial charge in [-0.2, -0.15) is 0 Å². The number of carbonyl (C=O) groups is 1. The van der Waals surface area contributed by atoms with Crippen LogP contribution in [0.15, 0.2) is 30.3 Å². The van der Waals surface area contributed by atoms with Crippen molar-refractivity contribution in [3.05, 3.63) is 35.9 Å². The zero-order chi connectivity index (χ0) is 21.7. The van der Waals surface area contributed by atoms with Crippen molar-refractivity contribution >= 4 is 16.1 Å². The highest BCUT2D eigenvalue weighted by Gasteiger charge is 2.45. The molecule has 3 rings (SSSR count). The molecule has 1 aliphatic carbocycles. The Morgan fingerprint density at radius 2 is 1.83 bits per heavy atom. The highest BCUT2D eigenvalue weighted by Crippen LogP contribution is 2.35. The lowest BCUT2D eigenvalue weighted by atomic mass is 9.83. The van der Waals surface area contributed by atoms with Crippen LogP contribution in [-0.2, 0) is 19.5 Å². The normalized spacial score (nSPS) is 29.7. The van der Waals surface area contributed by atoms with Crippen molar-refractivity contribution in [3.8, 4) is 0 Å². The molecule has 1 saturated carbocycles. The van der Waals surface area contributed by atoms with Crippen LogP contribution in [0.3, 0.4) is 0 Å². The van der Waals surface area contributed by atoms with Gasteiger partial charge < -0.3 is 9.47 Å². The number of hydrogen-bond acceptors (Lipinski definition) is 5. The van der Waals surface area contributed by atoms with Gasteiger partial charge in [-0.1, -0.05) is 37.3 Å². The Morgan fingerprint density at radius 1 is 1.17 bits per heavy atom. The average molecular weight is 439 g/mol. The molecule has 1 aromatic rings. The van der Waals surface area contributed by atoms with E-state index in [4.69, 9.17) is 9.47 Å². The van der Waals surface area contributed by atoms with Crippen LogP contribution in [0.5, 0.6) is 0 Å². The first-order chi connectivity index (χ1) is 14.3. The Bertz CT molecular complexity index is 793. The van der Waals surface area contributed by atoms with Gasteiger partial charge in [0.25, 0.3) is 0 Å². The monoisotopic (exact) mass is 438 g/mol. The Morgan fingerprint density at radius 3 is 2.40 bits per heavy atom. The predicted octanol–water partition coefficient (Wildman–Crippen LogP) is 3.27. The fraction of sp³-hybridized carbons (Fsp3) is 0.682. The third-order valence-corrected chi connectivity index (χ3v) is 7.14. The van der Waals surface area contributed by atoms with Crippen molar-refractivity contribution in [1.29, 1.82) is 0 Å². The van der Waals surface area contributed by atoms with E-state index in [1.54, 1.807) is 4.90 Å². The molecule has 168 valence electrons. The maximum atomic E-state index is 12.4. The lowest BCUT2D eigenvalue weighted by molar-refractivity contribution is -0.00944. The van der Waals surface area contributed by atoms with E-state index >= 15 is 0 Å². The third-order valence-electron chi connectivity index (χ3n) is 6.41. The summed E-state index contributed by atoms with van der Waals surface area (Å²) in [5, 5.41) is 0. The molecule has 0 aromatic heterocycles. The quantitative estimate of drug-likeness (QED) is 0.706. The third kappa shape index (κ3) is 5.74. The molecule has 0 spiro atoms. The van der Waals surface area contributed by atoms with Crippen LogP contribution in [-0.4, -0.2) is 63.6 Å². The summed E-state index contributed by atoms with van der Waals surface area (Å²) in [5.74, 6) is 0.563. The molecule has 1 unspecified atom stereocenters. The van der Waals surface area contributed by atoms with Crippen molar-refractivity contribution < 1.29 is 22.7 Å². The number of methoxy groups -OCH3 is 1. The number of nitrogens with one attached hydrogen (secondary N) is 1. The van der Waals surface area contributed by atoms with E-state index in [1.807, 2.05) is 13.0 Å². The van der Waals surface area contributed by atoms with E-state index in [9.17, 15) is 13.2 Å². The Kier molecular flexibility index (Phi) is 7.76. The van der Waals surface area contributed by atoms with Gasteiger partial charge in [0.05, 0.1) is 32.1 Å². The summed E-state index contributed by atoms with van der Waals surface area (Å²) in [6.45, 7) is 2.30. The van der Waals surface area contributed by atoms with Crippen LogP contribution in [0.2, 0.25) is 0 Å². The second-order valence-electron chi connectivity index (χ2n) is 8.46. The van der Waals surface area contributed by atoms with Crippen molar-refractivity contribution in [2.75, 3.05) is 20.0 Å². The van der Waals surface area contributed by atoms with Gasteiger partial charge in [-0.15, -0.1) is 0 Å². The van der Waals surface area contributed by atoms with Gasteiger partial charge in [-0.25, -0.2) is 17.9 Å². The molecule has 1 amide bonds. The molecular weight excluding hydrogens is 404 g/mol. The molecule has 1 saturated heterocycles. The maximum Gasteiger partial charge on any atom is 0.410 e. The molecule has 0 bridgehead atoms. The first kappa shape index (κ1) is 23.0. The Hall–Kier alpha value is -1.64. The molecule has 3 atom stereocenters. The predicted molar refractivity (Wildman–Crippen MR) is 116 cm³/mol. The Balaban J connectivity index is 1.62. The molecule has 2 fully saturated rings. The number of rotatable bonds is 7. The minimum atomic E-state index is -3.39. The van der Waals surface area contributed by atoms with E-state index in [2.05, 4.69) is 29.0 Å². The molecule has 2 aliphatic rings. The number of carbonyl (C=O) groups excluding carboxylic acids is 1. The van der Waals surface area contributed by atoms with Crippen molar-refractivity contribution in [2.24, 2.45) is 0 Å². The summed E-state index contributed by atoms with van der Waals surface area (Å²) >= 11 is 0. The highest BCUT2D eigenvalue weighted by molar-refractivity contribution is 7.88. The molecular formula is C22H34N2O5S. The summed E-state index contributed by atoms with van der Waals surface area (Å²) < 4.78 is 37.6. The number of hydrogen-bond donors (Lipinski definition) is 1. The highest BCUT2D eigenvalue weighted by atomic mass is 32.2. The van der Waals surface area contributed by atoms with Gasteiger partial charge in [0, 0.05) is 12.1 Å². The maximum absolute atomic E-state index is 12.4. The lowest BCUT2D eigenvalue weighted by Gasteiger charge is -2.33. The fourth-order valence-electron chi connectivity index (χ4n) is 4.90. The molecule has 8 heteroatoms. The van der Waals surface area contributed by atoms with Crippen LogP contribution in [0.25, 0.3) is 0 Å². The minimum absolute atomic E-state index is 0.0703. The first-order valence-electron chi connectivity index (χ1n) is 10.8. The van der Waals surface area contributed by atoms with Crippen LogP contribution in [0, 0.1) is 0 Å². The molecule has 1 aliphatic heterocycles. The van der Waals surface area contributed by atoms with Crippen molar-refractivity contribution in [2.45, 2.75) is 75.6 Å². The SMILES string of the molecule is CCC1C[C@H](NS(C)(=O)=O)[C@H](COC2CCC(c3ccccc3)CC2)N1C(=O)OC. The number of sulfonamides is 1. The lowest BCUT2D eigenvalue weighted by Crippen LogP contribution is -2.50. The van der Waals surface area contributed by atoms with E-state index in [0.29, 0.717) is 18.9 Å². The number of benzene rings is 1. The van der Waals surface area contributed by atoms with E-state index in [-0.39, 0.29) is 24.2 Å². The molecule has 0 radical (unpaired) electrons. The van der Waals surface area contributed by atoms with Crippen LogP contribution in [0.1, 0.15) is 56.9 Å². The number of amides is 1.